The van der Waals surface area contributed by atoms with Gasteiger partial charge < -0.3 is 5.11 Å². The van der Waals surface area contributed by atoms with Crippen LogP contribution in [0, 0.1) is 17.7 Å². The van der Waals surface area contributed by atoms with E-state index in [4.69, 9.17) is 13.5 Å². The molecule has 0 spiro atoms. The maximum atomic E-state index is 14.3. The fraction of sp³-hybridized carbons (Fsp3) is 0.500. The number of carboxylic acid groups (broad SMARTS) is 1. The number of benzene rings is 1. The lowest BCUT2D eigenvalue weighted by Crippen LogP contribution is -2.09. The lowest BCUT2D eigenvalue weighted by molar-refractivity contribution is 0.209. The summed E-state index contributed by atoms with van der Waals surface area (Å²) in [6.07, 6.45) is 0.404. The van der Waals surface area contributed by atoms with E-state index in [1.54, 1.807) is 0 Å². The summed E-state index contributed by atoms with van der Waals surface area (Å²) < 4.78 is 68.4. The maximum Gasteiger partial charge on any atom is 0.409 e. The number of anilines is 1. The molecule has 0 heterocycles. The molecule has 9 nitrogen and oxygen atoms in total. The zero-order valence-corrected chi connectivity index (χ0v) is 15.5. The number of hydrogen-bond donors (Lipinski definition) is 2. The fourth-order valence-corrected chi connectivity index (χ4v) is 3.57. The van der Waals surface area contributed by atoms with Gasteiger partial charge in [0.25, 0.3) is 20.2 Å². The summed E-state index contributed by atoms with van der Waals surface area (Å²) in [7, 11) is -7.42. The predicted octanol–water partition coefficient (Wildman–Crippen LogP) is 1.20. The van der Waals surface area contributed by atoms with Gasteiger partial charge in [0.15, 0.2) is 0 Å². The molecule has 0 bridgehead atoms. The number of rotatable bonds is 8. The van der Waals surface area contributed by atoms with Crippen LogP contribution in [0.1, 0.15) is 11.5 Å². The van der Waals surface area contributed by atoms with Crippen LogP contribution in [0.4, 0.5) is 14.9 Å². The summed E-state index contributed by atoms with van der Waals surface area (Å²) >= 11 is 0. The smallest absolute Gasteiger partial charge is 0.409 e. The number of carbonyl (C=O) groups is 1. The van der Waals surface area contributed by atoms with E-state index < -0.39 is 49.9 Å². The third-order valence-corrected chi connectivity index (χ3v) is 5.02. The van der Waals surface area contributed by atoms with E-state index in [9.17, 15) is 26.0 Å². The van der Waals surface area contributed by atoms with Crippen molar-refractivity contribution in [2.24, 2.45) is 11.8 Å². The van der Waals surface area contributed by atoms with Crippen LogP contribution in [0.25, 0.3) is 0 Å². The molecule has 1 amide bonds. The van der Waals surface area contributed by atoms with E-state index in [-0.39, 0.29) is 24.5 Å². The second-order valence-corrected chi connectivity index (χ2v) is 9.29. The monoisotopic (exact) mass is 411 g/mol. The van der Waals surface area contributed by atoms with Crippen molar-refractivity contribution in [1.82, 2.24) is 0 Å². The molecular formula is C14H18FNO8S2. The number of amides is 1. The van der Waals surface area contributed by atoms with Gasteiger partial charge in [-0.05, 0) is 35.4 Å². The van der Waals surface area contributed by atoms with Gasteiger partial charge in [-0.15, -0.1) is 0 Å². The van der Waals surface area contributed by atoms with Gasteiger partial charge in [-0.1, -0.05) is 6.07 Å². The summed E-state index contributed by atoms with van der Waals surface area (Å²) in [5.74, 6) is -2.14. The molecule has 1 saturated carbocycles. The second-order valence-electron chi connectivity index (χ2n) is 6.00. The topological polar surface area (TPSA) is 136 Å². The molecule has 26 heavy (non-hydrogen) atoms. The molecule has 1 aliphatic rings. The summed E-state index contributed by atoms with van der Waals surface area (Å²) in [6, 6.07) is 3.71. The summed E-state index contributed by atoms with van der Waals surface area (Å²) in [5.41, 5.74) is 0.234. The number of halogens is 1. The van der Waals surface area contributed by atoms with E-state index >= 15 is 0 Å². The maximum absolute atomic E-state index is 14.3. The first-order valence-electron chi connectivity index (χ1n) is 7.35. The first kappa shape index (κ1) is 20.6. The van der Waals surface area contributed by atoms with Gasteiger partial charge in [0.1, 0.15) is 5.82 Å². The Morgan fingerprint density at radius 2 is 1.62 bits per heavy atom. The molecule has 2 N–H and O–H groups in total. The Labute approximate surface area is 150 Å². The highest BCUT2D eigenvalue weighted by Gasteiger charge is 2.52. The molecule has 2 rings (SSSR count). The summed E-state index contributed by atoms with van der Waals surface area (Å²) in [6.45, 7) is -0.480. The van der Waals surface area contributed by atoms with Gasteiger partial charge in [0.05, 0.1) is 25.7 Å². The molecule has 1 aromatic rings. The molecule has 0 radical (unpaired) electrons. The van der Waals surface area contributed by atoms with Gasteiger partial charge in [0, 0.05) is 5.69 Å². The van der Waals surface area contributed by atoms with Crippen LogP contribution in [0.15, 0.2) is 18.2 Å². The number of hydrogen-bond acceptors (Lipinski definition) is 7. The van der Waals surface area contributed by atoms with Gasteiger partial charge in [0.2, 0.25) is 0 Å². The Morgan fingerprint density at radius 1 is 1.12 bits per heavy atom. The van der Waals surface area contributed by atoms with Crippen molar-refractivity contribution in [1.29, 1.82) is 0 Å². The van der Waals surface area contributed by atoms with Gasteiger partial charge in [-0.2, -0.15) is 16.8 Å². The minimum atomic E-state index is -3.71. The van der Waals surface area contributed by atoms with Gasteiger partial charge >= 0.3 is 6.09 Å². The zero-order chi connectivity index (χ0) is 19.7. The van der Waals surface area contributed by atoms with E-state index in [0.717, 1.165) is 18.6 Å². The van der Waals surface area contributed by atoms with Crippen LogP contribution in [0.3, 0.4) is 0 Å². The van der Waals surface area contributed by atoms with Crippen LogP contribution < -0.4 is 5.32 Å². The zero-order valence-electron chi connectivity index (χ0n) is 13.9. The normalized spacial score (nSPS) is 22.8. The molecule has 12 heteroatoms. The highest BCUT2D eigenvalue weighted by molar-refractivity contribution is 7.86. The third-order valence-electron chi connectivity index (χ3n) is 3.89. The molecule has 146 valence electrons. The van der Waals surface area contributed by atoms with Crippen molar-refractivity contribution in [2.75, 3.05) is 31.0 Å². The summed E-state index contributed by atoms with van der Waals surface area (Å²) in [5, 5.41) is 10.7. The highest BCUT2D eigenvalue weighted by atomic mass is 32.2. The van der Waals surface area contributed by atoms with Crippen molar-refractivity contribution >= 4 is 32.0 Å². The Bertz CT molecular complexity index is 858. The Balaban J connectivity index is 2.18. The van der Waals surface area contributed by atoms with Gasteiger partial charge in [-0.25, -0.2) is 9.18 Å². The lowest BCUT2D eigenvalue weighted by Gasteiger charge is -2.06. The van der Waals surface area contributed by atoms with Gasteiger partial charge in [-0.3, -0.25) is 13.7 Å². The molecule has 2 atom stereocenters. The van der Waals surface area contributed by atoms with Crippen LogP contribution >= 0.6 is 0 Å². The Morgan fingerprint density at radius 3 is 2.00 bits per heavy atom. The Kier molecular flexibility index (Phi) is 5.90. The molecule has 2 unspecified atom stereocenters. The van der Waals surface area contributed by atoms with E-state index in [2.05, 4.69) is 0 Å². The van der Waals surface area contributed by atoms with E-state index in [0.29, 0.717) is 0 Å². The standard InChI is InChI=1S/C14H18FNO8S2/c1-25(19,20)23-6-10-11(7-24-26(2,21)22)13(10)9-4-3-8(5-12(9)15)16-14(17)18/h3-5,10-11,13,16H,6-7H2,1-2H3,(H,17,18). The SMILES string of the molecule is CS(=O)(=O)OCC1C(COS(C)(=O)=O)C1c1ccc(NC(=O)O)cc1F. The van der Waals surface area contributed by atoms with Crippen LogP contribution in [0.2, 0.25) is 0 Å². The highest BCUT2D eigenvalue weighted by Crippen LogP contribution is 2.55. The van der Waals surface area contributed by atoms with Crippen molar-refractivity contribution in [2.45, 2.75) is 5.92 Å². The molecule has 0 aliphatic heterocycles. The average molecular weight is 411 g/mol. The molecule has 1 aromatic carbocycles. The largest absolute Gasteiger partial charge is 0.465 e. The van der Waals surface area contributed by atoms with Crippen LogP contribution in [-0.4, -0.2) is 53.8 Å². The molecular weight excluding hydrogens is 393 g/mol. The first-order chi connectivity index (χ1) is 11.9. The molecule has 1 aliphatic carbocycles. The predicted molar refractivity (Wildman–Crippen MR) is 89.4 cm³/mol. The lowest BCUT2D eigenvalue weighted by atomic mass is 10.1. The van der Waals surface area contributed by atoms with Crippen LogP contribution in [-0.2, 0) is 28.6 Å². The van der Waals surface area contributed by atoms with Crippen molar-refractivity contribution in [3.63, 3.8) is 0 Å². The second kappa shape index (κ2) is 7.47. The van der Waals surface area contributed by atoms with Crippen LogP contribution in [0.5, 0.6) is 0 Å². The van der Waals surface area contributed by atoms with Crippen molar-refractivity contribution in [3.05, 3.63) is 29.6 Å². The average Bonchev–Trinajstić information content (AvgIpc) is 3.14. The minimum absolute atomic E-state index is 0.0345. The fourth-order valence-electron chi connectivity index (χ4n) is 2.76. The van der Waals surface area contributed by atoms with Crippen molar-refractivity contribution < 1.29 is 39.5 Å². The summed E-state index contributed by atoms with van der Waals surface area (Å²) in [4.78, 5) is 10.6. The van der Waals surface area contributed by atoms with E-state index in [1.807, 2.05) is 5.32 Å². The number of nitrogens with one attached hydrogen (secondary N) is 1. The van der Waals surface area contributed by atoms with E-state index in [1.165, 1.54) is 12.1 Å². The molecule has 0 saturated heterocycles. The quantitative estimate of drug-likeness (QED) is 0.609. The first-order valence-corrected chi connectivity index (χ1v) is 11.0. The Hall–Kier alpha value is -1.76. The van der Waals surface area contributed by atoms with Crippen molar-refractivity contribution in [3.8, 4) is 0 Å². The minimum Gasteiger partial charge on any atom is -0.465 e. The molecule has 0 aromatic heterocycles. The molecule has 1 fully saturated rings. The third kappa shape index (κ3) is 5.90.